The Hall–Kier alpha value is -0.960. The smallest absolute Gasteiger partial charge is 0.0449 e. The molecule has 2 rings (SSSR count). The highest BCUT2D eigenvalue weighted by molar-refractivity contribution is 7.99. The van der Waals surface area contributed by atoms with Gasteiger partial charge < -0.3 is 5.73 Å². The fraction of sp³-hybridized carbons (Fsp3) is 0.294. The Balaban J connectivity index is 2.22. The third-order valence-electron chi connectivity index (χ3n) is 3.14. The summed E-state index contributed by atoms with van der Waals surface area (Å²) in [5, 5.41) is 0.803. The molecular formula is C17H20ClNS. The van der Waals surface area contributed by atoms with Crippen LogP contribution in [0.1, 0.15) is 23.6 Å². The molecule has 1 atom stereocenters. The molecule has 0 aromatic heterocycles. The van der Waals surface area contributed by atoms with Crippen molar-refractivity contribution in [1.82, 2.24) is 0 Å². The van der Waals surface area contributed by atoms with Gasteiger partial charge in [0, 0.05) is 20.9 Å². The van der Waals surface area contributed by atoms with Crippen LogP contribution in [0.5, 0.6) is 0 Å². The minimum atomic E-state index is 0.130. The Morgan fingerprint density at radius 3 is 2.55 bits per heavy atom. The van der Waals surface area contributed by atoms with Gasteiger partial charge in [0.05, 0.1) is 0 Å². The Bertz CT molecular complexity index is 608. The predicted octanol–water partition coefficient (Wildman–Crippen LogP) is 5.00. The van der Waals surface area contributed by atoms with E-state index in [1.54, 1.807) is 11.8 Å². The van der Waals surface area contributed by atoms with Crippen molar-refractivity contribution >= 4 is 23.4 Å². The van der Waals surface area contributed by atoms with Crippen LogP contribution in [0.4, 0.5) is 0 Å². The summed E-state index contributed by atoms with van der Waals surface area (Å²) in [6, 6.07) is 12.9. The fourth-order valence-corrected chi connectivity index (χ4v) is 3.41. The minimum absolute atomic E-state index is 0.130. The number of nitrogens with two attached hydrogens (primary N) is 1. The Kier molecular flexibility index (Phi) is 5.14. The van der Waals surface area contributed by atoms with E-state index in [0.717, 1.165) is 21.9 Å². The number of hydrogen-bond donors (Lipinski definition) is 1. The monoisotopic (exact) mass is 305 g/mol. The minimum Gasteiger partial charge on any atom is -0.328 e. The van der Waals surface area contributed by atoms with Crippen molar-refractivity contribution in [2.45, 2.75) is 43.0 Å². The van der Waals surface area contributed by atoms with Gasteiger partial charge in [0.25, 0.3) is 0 Å². The Morgan fingerprint density at radius 2 is 1.90 bits per heavy atom. The summed E-state index contributed by atoms with van der Waals surface area (Å²) < 4.78 is 0. The molecule has 1 nitrogen and oxygen atoms in total. The normalized spacial score (nSPS) is 12.4. The van der Waals surface area contributed by atoms with E-state index in [2.05, 4.69) is 44.2 Å². The first-order valence-corrected chi connectivity index (χ1v) is 7.94. The van der Waals surface area contributed by atoms with Crippen molar-refractivity contribution < 1.29 is 0 Å². The van der Waals surface area contributed by atoms with Crippen LogP contribution in [-0.4, -0.2) is 6.04 Å². The van der Waals surface area contributed by atoms with Crippen molar-refractivity contribution in [3.8, 4) is 0 Å². The molecule has 106 valence electrons. The molecule has 0 spiro atoms. The lowest BCUT2D eigenvalue weighted by Gasteiger charge is -2.10. The standard InChI is InChI=1S/C17H20ClNS/c1-11-4-5-12(2)17(8-11)20-15-7-6-14(9-13(3)19)16(18)10-15/h4-8,10,13H,9,19H2,1-3H3. The zero-order valence-corrected chi connectivity index (χ0v) is 13.7. The summed E-state index contributed by atoms with van der Waals surface area (Å²) in [6.07, 6.45) is 0.813. The number of rotatable bonds is 4. The van der Waals surface area contributed by atoms with Gasteiger partial charge in [-0.15, -0.1) is 0 Å². The van der Waals surface area contributed by atoms with Crippen LogP contribution in [0.3, 0.4) is 0 Å². The number of halogens is 1. The second-order valence-corrected chi connectivity index (χ2v) is 6.83. The molecule has 2 N–H and O–H groups in total. The highest BCUT2D eigenvalue weighted by atomic mass is 35.5. The molecule has 0 saturated carbocycles. The average molecular weight is 306 g/mol. The van der Waals surface area contributed by atoms with Gasteiger partial charge in [-0.25, -0.2) is 0 Å². The highest BCUT2D eigenvalue weighted by Crippen LogP contribution is 2.33. The molecule has 1 unspecified atom stereocenters. The van der Waals surface area contributed by atoms with Crippen LogP contribution >= 0.6 is 23.4 Å². The molecule has 0 bridgehead atoms. The lowest BCUT2D eigenvalue weighted by molar-refractivity contribution is 0.738. The first kappa shape index (κ1) is 15.4. The molecule has 0 aliphatic rings. The maximum absolute atomic E-state index is 6.34. The van der Waals surface area contributed by atoms with E-state index in [-0.39, 0.29) is 6.04 Å². The molecular weight excluding hydrogens is 286 g/mol. The summed E-state index contributed by atoms with van der Waals surface area (Å²) in [5.41, 5.74) is 9.51. The SMILES string of the molecule is Cc1ccc(C)c(Sc2ccc(CC(C)N)c(Cl)c2)c1. The van der Waals surface area contributed by atoms with Gasteiger partial charge in [-0.3, -0.25) is 0 Å². The Labute approximate surface area is 130 Å². The van der Waals surface area contributed by atoms with E-state index in [0.29, 0.717) is 0 Å². The van der Waals surface area contributed by atoms with Crippen molar-refractivity contribution in [2.75, 3.05) is 0 Å². The van der Waals surface area contributed by atoms with Crippen LogP contribution in [0.2, 0.25) is 5.02 Å². The number of aryl methyl sites for hydroxylation is 2. The first-order valence-electron chi connectivity index (χ1n) is 6.75. The summed E-state index contributed by atoms with van der Waals surface area (Å²) >= 11 is 8.10. The largest absolute Gasteiger partial charge is 0.328 e. The van der Waals surface area contributed by atoms with Crippen LogP contribution in [0.25, 0.3) is 0 Å². The zero-order valence-electron chi connectivity index (χ0n) is 12.1. The van der Waals surface area contributed by atoms with Crippen LogP contribution in [-0.2, 0) is 6.42 Å². The topological polar surface area (TPSA) is 26.0 Å². The van der Waals surface area contributed by atoms with Gasteiger partial charge in [0.1, 0.15) is 0 Å². The summed E-state index contributed by atoms with van der Waals surface area (Å²) in [6.45, 7) is 6.24. The molecule has 2 aromatic rings. The molecule has 0 aliphatic heterocycles. The molecule has 0 amide bonds. The van der Waals surface area contributed by atoms with Gasteiger partial charge in [-0.2, -0.15) is 0 Å². The first-order chi connectivity index (χ1) is 9.45. The van der Waals surface area contributed by atoms with Crippen LogP contribution in [0, 0.1) is 13.8 Å². The molecule has 0 aliphatic carbocycles. The predicted molar refractivity (Wildman–Crippen MR) is 88.8 cm³/mol. The van der Waals surface area contributed by atoms with E-state index in [4.69, 9.17) is 17.3 Å². The maximum atomic E-state index is 6.34. The highest BCUT2D eigenvalue weighted by Gasteiger charge is 2.07. The molecule has 0 heterocycles. The summed E-state index contributed by atoms with van der Waals surface area (Å²) in [7, 11) is 0. The van der Waals surface area contributed by atoms with Crippen molar-refractivity contribution in [1.29, 1.82) is 0 Å². The fourth-order valence-electron chi connectivity index (χ4n) is 2.05. The molecule has 0 radical (unpaired) electrons. The van der Waals surface area contributed by atoms with Crippen molar-refractivity contribution in [2.24, 2.45) is 5.73 Å². The molecule has 2 aromatic carbocycles. The molecule has 0 fully saturated rings. The van der Waals surface area contributed by atoms with Crippen molar-refractivity contribution in [3.05, 3.63) is 58.1 Å². The third-order valence-corrected chi connectivity index (χ3v) is 4.64. The van der Waals surface area contributed by atoms with Gasteiger partial charge >= 0.3 is 0 Å². The van der Waals surface area contributed by atoms with Gasteiger partial charge in [-0.1, -0.05) is 41.6 Å². The number of benzene rings is 2. The summed E-state index contributed by atoms with van der Waals surface area (Å²) in [4.78, 5) is 2.44. The van der Waals surface area contributed by atoms with Crippen LogP contribution in [0.15, 0.2) is 46.2 Å². The van der Waals surface area contributed by atoms with Gasteiger partial charge in [-0.05, 0) is 62.1 Å². The van der Waals surface area contributed by atoms with E-state index in [9.17, 15) is 0 Å². The second-order valence-electron chi connectivity index (χ2n) is 5.31. The average Bonchev–Trinajstić information content (AvgIpc) is 2.37. The van der Waals surface area contributed by atoms with E-state index in [1.807, 2.05) is 13.0 Å². The molecule has 3 heteroatoms. The maximum Gasteiger partial charge on any atom is 0.0449 e. The quantitative estimate of drug-likeness (QED) is 0.860. The lowest BCUT2D eigenvalue weighted by atomic mass is 10.1. The summed E-state index contributed by atoms with van der Waals surface area (Å²) in [5.74, 6) is 0. The molecule has 0 saturated heterocycles. The van der Waals surface area contributed by atoms with E-state index < -0.39 is 0 Å². The van der Waals surface area contributed by atoms with E-state index >= 15 is 0 Å². The lowest BCUT2D eigenvalue weighted by Crippen LogP contribution is -2.17. The van der Waals surface area contributed by atoms with Crippen molar-refractivity contribution in [3.63, 3.8) is 0 Å². The second kappa shape index (κ2) is 6.66. The third kappa shape index (κ3) is 4.02. The zero-order chi connectivity index (χ0) is 14.7. The number of hydrogen-bond acceptors (Lipinski definition) is 2. The van der Waals surface area contributed by atoms with Crippen LogP contribution < -0.4 is 5.73 Å². The van der Waals surface area contributed by atoms with Gasteiger partial charge in [0.2, 0.25) is 0 Å². The molecule has 20 heavy (non-hydrogen) atoms. The van der Waals surface area contributed by atoms with Gasteiger partial charge in [0.15, 0.2) is 0 Å². The van der Waals surface area contributed by atoms with E-state index in [1.165, 1.54) is 16.0 Å². The Morgan fingerprint density at radius 1 is 1.15 bits per heavy atom.